The Morgan fingerprint density at radius 2 is 1.89 bits per heavy atom. The molecule has 0 saturated carbocycles. The summed E-state index contributed by atoms with van der Waals surface area (Å²) in [5.41, 5.74) is 12.0. The first-order chi connectivity index (χ1) is 8.58. The van der Waals surface area contributed by atoms with E-state index in [0.717, 1.165) is 0 Å². The van der Waals surface area contributed by atoms with Crippen LogP contribution in [0.1, 0.15) is 10.4 Å². The summed E-state index contributed by atoms with van der Waals surface area (Å²) in [5, 5.41) is 22.6. The molecule has 0 aliphatic heterocycles. The number of rotatable bonds is 3. The highest BCUT2D eigenvalue weighted by molar-refractivity contribution is 5.87. The van der Waals surface area contributed by atoms with Gasteiger partial charge >= 0.3 is 5.97 Å². The number of carboxylic acids is 1. The molecular weight excluding hydrogens is 236 g/mol. The van der Waals surface area contributed by atoms with Gasteiger partial charge in [0.2, 0.25) is 0 Å². The number of aromatic carboxylic acids is 1. The lowest BCUT2D eigenvalue weighted by molar-refractivity contribution is 0.0697. The zero-order chi connectivity index (χ0) is 13.1. The van der Waals surface area contributed by atoms with Crippen molar-refractivity contribution in [3.63, 3.8) is 0 Å². The van der Waals surface area contributed by atoms with Gasteiger partial charge in [-0.2, -0.15) is 10.2 Å². The van der Waals surface area contributed by atoms with E-state index in [0.29, 0.717) is 5.69 Å². The van der Waals surface area contributed by atoms with Gasteiger partial charge in [-0.3, -0.25) is 5.10 Å². The van der Waals surface area contributed by atoms with E-state index in [1.165, 1.54) is 24.3 Å². The second-order valence-electron chi connectivity index (χ2n) is 3.42. The summed E-state index contributed by atoms with van der Waals surface area (Å²) >= 11 is 0. The van der Waals surface area contributed by atoms with Crippen LogP contribution < -0.4 is 11.5 Å². The molecule has 8 nitrogen and oxygen atoms in total. The van der Waals surface area contributed by atoms with E-state index >= 15 is 0 Å². The third-order valence-electron chi connectivity index (χ3n) is 2.17. The number of azo groups is 1. The quantitative estimate of drug-likeness (QED) is 0.609. The minimum absolute atomic E-state index is 0.151. The number of nitrogen functional groups attached to an aromatic ring is 2. The topological polar surface area (TPSA) is 143 Å². The standard InChI is InChI=1S/C10H10N6O2/c11-8-7(9(12)16-15-8)14-13-6-3-1-5(2-4-6)10(17)18/h1-4H,(H,17,18)(H5,11,12,15,16). The summed E-state index contributed by atoms with van der Waals surface area (Å²) in [4.78, 5) is 10.6. The molecule has 0 saturated heterocycles. The number of carboxylic acid groups (broad SMARTS) is 1. The summed E-state index contributed by atoms with van der Waals surface area (Å²) in [6, 6.07) is 5.91. The SMILES string of the molecule is Nc1n[nH]c(N)c1N=Nc1ccc(C(=O)O)cc1. The number of anilines is 2. The number of aromatic amines is 1. The highest BCUT2D eigenvalue weighted by Crippen LogP contribution is 2.28. The molecule has 2 aromatic rings. The number of nitrogens with zero attached hydrogens (tertiary/aromatic N) is 3. The van der Waals surface area contributed by atoms with Gasteiger partial charge in [-0.1, -0.05) is 0 Å². The van der Waals surface area contributed by atoms with E-state index in [1.807, 2.05) is 0 Å². The van der Waals surface area contributed by atoms with Crippen LogP contribution in [0.5, 0.6) is 0 Å². The lowest BCUT2D eigenvalue weighted by atomic mass is 10.2. The molecule has 18 heavy (non-hydrogen) atoms. The number of hydrogen-bond donors (Lipinski definition) is 4. The summed E-state index contributed by atoms with van der Waals surface area (Å²) in [6.07, 6.45) is 0. The summed E-state index contributed by atoms with van der Waals surface area (Å²) in [7, 11) is 0. The number of benzene rings is 1. The Bertz CT molecular complexity index is 582. The molecule has 0 bridgehead atoms. The number of nitrogens with two attached hydrogens (primary N) is 2. The monoisotopic (exact) mass is 246 g/mol. The van der Waals surface area contributed by atoms with Crippen LogP contribution in [0.4, 0.5) is 23.0 Å². The molecule has 92 valence electrons. The highest BCUT2D eigenvalue weighted by Gasteiger charge is 2.06. The van der Waals surface area contributed by atoms with Crippen LogP contribution in [-0.2, 0) is 0 Å². The predicted molar refractivity (Wildman–Crippen MR) is 65.0 cm³/mol. The molecule has 1 aromatic carbocycles. The number of H-pyrrole nitrogens is 1. The van der Waals surface area contributed by atoms with Crippen molar-refractivity contribution in [1.82, 2.24) is 10.2 Å². The van der Waals surface area contributed by atoms with Gasteiger partial charge in [-0.25, -0.2) is 4.79 Å². The molecule has 0 amide bonds. The van der Waals surface area contributed by atoms with E-state index in [1.54, 1.807) is 0 Å². The molecule has 0 aliphatic carbocycles. The summed E-state index contributed by atoms with van der Waals surface area (Å²) in [5.74, 6) is -0.626. The first-order valence-electron chi connectivity index (χ1n) is 4.92. The van der Waals surface area contributed by atoms with Crippen LogP contribution in [0.15, 0.2) is 34.5 Å². The van der Waals surface area contributed by atoms with Gasteiger partial charge in [-0.05, 0) is 24.3 Å². The maximum Gasteiger partial charge on any atom is 0.335 e. The summed E-state index contributed by atoms with van der Waals surface area (Å²) in [6.45, 7) is 0. The number of hydrogen-bond acceptors (Lipinski definition) is 6. The van der Waals surface area contributed by atoms with Gasteiger partial charge in [0.1, 0.15) is 5.82 Å². The fourth-order valence-corrected chi connectivity index (χ4v) is 1.25. The van der Waals surface area contributed by atoms with E-state index in [9.17, 15) is 4.79 Å². The van der Waals surface area contributed by atoms with Gasteiger partial charge in [0.05, 0.1) is 11.3 Å². The Labute approximate surface area is 101 Å². The maximum absolute atomic E-state index is 10.6. The molecule has 0 unspecified atom stereocenters. The van der Waals surface area contributed by atoms with Crippen molar-refractivity contribution in [2.24, 2.45) is 10.2 Å². The lowest BCUT2D eigenvalue weighted by Crippen LogP contribution is -1.93. The lowest BCUT2D eigenvalue weighted by Gasteiger charge is -1.95. The van der Waals surface area contributed by atoms with Gasteiger partial charge in [0.15, 0.2) is 11.5 Å². The van der Waals surface area contributed by atoms with Gasteiger partial charge < -0.3 is 16.6 Å². The van der Waals surface area contributed by atoms with Crippen molar-refractivity contribution in [2.75, 3.05) is 11.5 Å². The maximum atomic E-state index is 10.6. The van der Waals surface area contributed by atoms with Crippen LogP contribution in [0.25, 0.3) is 0 Å². The Balaban J connectivity index is 2.21. The molecule has 0 aliphatic rings. The van der Waals surface area contributed by atoms with E-state index in [4.69, 9.17) is 16.6 Å². The molecular formula is C10H10N6O2. The number of carbonyl (C=O) groups is 1. The third kappa shape index (κ3) is 2.26. The normalized spacial score (nSPS) is 10.9. The van der Waals surface area contributed by atoms with Crippen molar-refractivity contribution >= 4 is 29.0 Å². The van der Waals surface area contributed by atoms with Crippen LogP contribution in [0.3, 0.4) is 0 Å². The minimum atomic E-state index is -0.998. The van der Waals surface area contributed by atoms with Crippen LogP contribution >= 0.6 is 0 Å². The molecule has 0 spiro atoms. The van der Waals surface area contributed by atoms with Crippen molar-refractivity contribution in [3.05, 3.63) is 29.8 Å². The van der Waals surface area contributed by atoms with Crippen molar-refractivity contribution in [3.8, 4) is 0 Å². The fraction of sp³-hybridized carbons (Fsp3) is 0. The van der Waals surface area contributed by atoms with Gasteiger partial charge in [0, 0.05) is 0 Å². The molecule has 1 aromatic heterocycles. The van der Waals surface area contributed by atoms with Crippen molar-refractivity contribution in [2.45, 2.75) is 0 Å². The Kier molecular flexibility index (Phi) is 2.92. The average Bonchev–Trinajstić information content (AvgIpc) is 2.67. The molecule has 0 atom stereocenters. The first-order valence-corrected chi connectivity index (χ1v) is 4.92. The molecule has 0 fully saturated rings. The minimum Gasteiger partial charge on any atom is -0.478 e. The second-order valence-corrected chi connectivity index (χ2v) is 3.42. The van der Waals surface area contributed by atoms with Crippen LogP contribution in [0.2, 0.25) is 0 Å². The predicted octanol–water partition coefficient (Wildman–Crippen LogP) is 1.69. The zero-order valence-electron chi connectivity index (χ0n) is 9.16. The molecule has 0 radical (unpaired) electrons. The van der Waals surface area contributed by atoms with Crippen LogP contribution in [0, 0.1) is 0 Å². The van der Waals surface area contributed by atoms with Gasteiger partial charge in [-0.15, -0.1) is 5.11 Å². The molecule has 8 heteroatoms. The second kappa shape index (κ2) is 4.53. The average molecular weight is 246 g/mol. The number of nitrogens with one attached hydrogen (secondary N) is 1. The largest absolute Gasteiger partial charge is 0.478 e. The zero-order valence-corrected chi connectivity index (χ0v) is 9.16. The smallest absolute Gasteiger partial charge is 0.335 e. The van der Waals surface area contributed by atoms with E-state index < -0.39 is 5.97 Å². The fourth-order valence-electron chi connectivity index (χ4n) is 1.25. The van der Waals surface area contributed by atoms with Crippen molar-refractivity contribution in [1.29, 1.82) is 0 Å². The highest BCUT2D eigenvalue weighted by atomic mass is 16.4. The molecule has 1 heterocycles. The van der Waals surface area contributed by atoms with E-state index in [-0.39, 0.29) is 22.9 Å². The first kappa shape index (κ1) is 11.6. The van der Waals surface area contributed by atoms with E-state index in [2.05, 4.69) is 20.4 Å². The molecule has 2 rings (SSSR count). The van der Waals surface area contributed by atoms with Crippen LogP contribution in [-0.4, -0.2) is 21.3 Å². The Morgan fingerprint density at radius 3 is 2.39 bits per heavy atom. The van der Waals surface area contributed by atoms with Gasteiger partial charge in [0.25, 0.3) is 0 Å². The Hall–Kier alpha value is -2.90. The summed E-state index contributed by atoms with van der Waals surface area (Å²) < 4.78 is 0. The Morgan fingerprint density at radius 1 is 1.22 bits per heavy atom. The number of aromatic nitrogens is 2. The molecule has 6 N–H and O–H groups in total. The van der Waals surface area contributed by atoms with Crippen molar-refractivity contribution < 1.29 is 9.90 Å². The third-order valence-corrected chi connectivity index (χ3v) is 2.17.